The average Bonchev–Trinajstić information content (AvgIpc) is 2.97. The van der Waals surface area contributed by atoms with Crippen molar-refractivity contribution in [2.24, 2.45) is 0 Å². The molecule has 1 fully saturated rings. The van der Waals surface area contributed by atoms with Gasteiger partial charge in [-0.1, -0.05) is 6.07 Å². The van der Waals surface area contributed by atoms with E-state index < -0.39 is 9.84 Å². The fraction of sp³-hybridized carbons (Fsp3) is 0.615. The summed E-state index contributed by atoms with van der Waals surface area (Å²) in [4.78, 5) is 14.9. The summed E-state index contributed by atoms with van der Waals surface area (Å²) in [6, 6.07) is 3.90. The Hall–Kier alpha value is -0.920. The summed E-state index contributed by atoms with van der Waals surface area (Å²) in [7, 11) is -1.10. The molecule has 1 aliphatic heterocycles. The molecule has 0 aliphatic carbocycles. The Morgan fingerprint density at radius 3 is 2.90 bits per heavy atom. The molecule has 1 aromatic heterocycles. The van der Waals surface area contributed by atoms with Crippen molar-refractivity contribution in [3.8, 4) is 0 Å². The van der Waals surface area contributed by atoms with E-state index in [0.29, 0.717) is 6.42 Å². The van der Waals surface area contributed by atoms with Gasteiger partial charge in [0.05, 0.1) is 24.1 Å². The lowest BCUT2D eigenvalue weighted by atomic mass is 10.2. The first-order valence-corrected chi connectivity index (χ1v) is 9.31. The third-order valence-corrected chi connectivity index (χ3v) is 6.38. The average molecular weight is 316 g/mol. The molecule has 0 aromatic carbocycles. The predicted molar refractivity (Wildman–Crippen MR) is 80.6 cm³/mol. The van der Waals surface area contributed by atoms with Crippen LogP contribution >= 0.6 is 11.3 Å². The zero-order valence-corrected chi connectivity index (χ0v) is 13.3. The first-order chi connectivity index (χ1) is 9.37. The van der Waals surface area contributed by atoms with Crippen LogP contribution in [0.3, 0.4) is 0 Å². The van der Waals surface area contributed by atoms with E-state index in [-0.39, 0.29) is 36.0 Å². The van der Waals surface area contributed by atoms with Crippen LogP contribution in [-0.2, 0) is 14.6 Å². The number of amides is 1. The van der Waals surface area contributed by atoms with Crippen LogP contribution in [0.25, 0.3) is 0 Å². The number of thiophene rings is 1. The molecule has 2 rings (SSSR count). The van der Waals surface area contributed by atoms with Gasteiger partial charge in [0.1, 0.15) is 0 Å². The molecule has 20 heavy (non-hydrogen) atoms. The zero-order chi connectivity index (χ0) is 14.8. The number of hydrogen-bond acceptors (Lipinski definition) is 5. The maximum absolute atomic E-state index is 12.0. The summed E-state index contributed by atoms with van der Waals surface area (Å²) in [6.07, 6.45) is 0.618. The molecule has 1 amide bonds. The molecule has 112 valence electrons. The molecule has 7 heteroatoms. The maximum atomic E-state index is 12.0. The Morgan fingerprint density at radius 2 is 2.35 bits per heavy atom. The number of nitrogens with one attached hydrogen (secondary N) is 1. The normalized spacial score (nSPS) is 22.9. The fourth-order valence-electron chi connectivity index (χ4n) is 2.37. The van der Waals surface area contributed by atoms with Crippen molar-refractivity contribution in [1.29, 1.82) is 0 Å². The third-order valence-electron chi connectivity index (χ3n) is 3.57. The molecule has 1 aliphatic rings. The SMILES string of the molecule is CC(NC(=O)CN(C)C1CCS(=O)(=O)C1)c1cccs1. The predicted octanol–water partition coefficient (Wildman–Crippen LogP) is 1.04. The number of hydrogen-bond donors (Lipinski definition) is 1. The third kappa shape index (κ3) is 4.04. The second-order valence-electron chi connectivity index (χ2n) is 5.28. The van der Waals surface area contributed by atoms with Crippen LogP contribution in [0, 0.1) is 0 Å². The van der Waals surface area contributed by atoms with Gasteiger partial charge in [0.25, 0.3) is 0 Å². The molecule has 2 heterocycles. The monoisotopic (exact) mass is 316 g/mol. The van der Waals surface area contributed by atoms with Crippen molar-refractivity contribution in [1.82, 2.24) is 10.2 Å². The smallest absolute Gasteiger partial charge is 0.234 e. The van der Waals surface area contributed by atoms with Gasteiger partial charge in [0, 0.05) is 10.9 Å². The van der Waals surface area contributed by atoms with Gasteiger partial charge < -0.3 is 5.32 Å². The minimum atomic E-state index is -2.91. The Morgan fingerprint density at radius 1 is 1.60 bits per heavy atom. The van der Waals surface area contributed by atoms with Crippen LogP contribution in [0.5, 0.6) is 0 Å². The molecule has 1 saturated heterocycles. The van der Waals surface area contributed by atoms with E-state index in [9.17, 15) is 13.2 Å². The number of rotatable bonds is 5. The van der Waals surface area contributed by atoms with E-state index in [1.54, 1.807) is 18.4 Å². The Kier molecular flexibility index (Phi) is 4.82. The van der Waals surface area contributed by atoms with E-state index in [1.165, 1.54) is 0 Å². The second-order valence-corrected chi connectivity index (χ2v) is 8.48. The molecule has 0 radical (unpaired) electrons. The molecule has 1 N–H and O–H groups in total. The van der Waals surface area contributed by atoms with Gasteiger partial charge in [-0.2, -0.15) is 0 Å². The molecule has 1 aromatic rings. The van der Waals surface area contributed by atoms with Crippen molar-refractivity contribution in [2.75, 3.05) is 25.1 Å². The molecule has 0 spiro atoms. The van der Waals surface area contributed by atoms with E-state index in [2.05, 4.69) is 5.32 Å². The van der Waals surface area contributed by atoms with Crippen LogP contribution < -0.4 is 5.32 Å². The number of nitrogens with zero attached hydrogens (tertiary/aromatic N) is 1. The lowest BCUT2D eigenvalue weighted by molar-refractivity contribution is -0.123. The highest BCUT2D eigenvalue weighted by atomic mass is 32.2. The van der Waals surface area contributed by atoms with Crippen molar-refractivity contribution >= 4 is 27.1 Å². The minimum absolute atomic E-state index is 0.0109. The lowest BCUT2D eigenvalue weighted by Crippen LogP contribution is -2.41. The van der Waals surface area contributed by atoms with Crippen LogP contribution in [0.15, 0.2) is 17.5 Å². The quantitative estimate of drug-likeness (QED) is 0.881. The number of likely N-dealkylation sites (N-methyl/N-ethyl adjacent to an activating group) is 1. The molecule has 0 bridgehead atoms. The highest BCUT2D eigenvalue weighted by molar-refractivity contribution is 7.91. The molecular formula is C13H20N2O3S2. The van der Waals surface area contributed by atoms with Gasteiger partial charge in [0.2, 0.25) is 5.91 Å². The second kappa shape index (κ2) is 6.24. The molecule has 5 nitrogen and oxygen atoms in total. The van der Waals surface area contributed by atoms with E-state index in [1.807, 2.05) is 29.3 Å². The Balaban J connectivity index is 1.82. The fourth-order valence-corrected chi connectivity index (χ4v) is 4.91. The standard InChI is InChI=1S/C13H20N2O3S2/c1-10(12-4-3-6-19-12)14-13(16)8-15(2)11-5-7-20(17,18)9-11/h3-4,6,10-11H,5,7-9H2,1-2H3,(H,14,16). The van der Waals surface area contributed by atoms with Crippen LogP contribution in [0.4, 0.5) is 0 Å². The molecule has 2 atom stereocenters. The maximum Gasteiger partial charge on any atom is 0.234 e. The summed E-state index contributed by atoms with van der Waals surface area (Å²) in [5, 5.41) is 4.92. The summed E-state index contributed by atoms with van der Waals surface area (Å²) in [5.41, 5.74) is 0. The van der Waals surface area contributed by atoms with Crippen molar-refractivity contribution in [3.05, 3.63) is 22.4 Å². The van der Waals surface area contributed by atoms with Gasteiger partial charge in [-0.05, 0) is 31.8 Å². The van der Waals surface area contributed by atoms with E-state index in [0.717, 1.165) is 4.88 Å². The van der Waals surface area contributed by atoms with Crippen LogP contribution in [0.1, 0.15) is 24.3 Å². The number of carbonyl (C=O) groups excluding carboxylic acids is 1. The largest absolute Gasteiger partial charge is 0.348 e. The Bertz CT molecular complexity index is 554. The van der Waals surface area contributed by atoms with Gasteiger partial charge in [-0.3, -0.25) is 9.69 Å². The first-order valence-electron chi connectivity index (χ1n) is 6.61. The minimum Gasteiger partial charge on any atom is -0.348 e. The van der Waals surface area contributed by atoms with Gasteiger partial charge in [-0.25, -0.2) is 8.42 Å². The zero-order valence-electron chi connectivity index (χ0n) is 11.7. The van der Waals surface area contributed by atoms with Crippen LogP contribution in [-0.4, -0.2) is 50.4 Å². The van der Waals surface area contributed by atoms with Gasteiger partial charge >= 0.3 is 0 Å². The van der Waals surface area contributed by atoms with E-state index in [4.69, 9.17) is 0 Å². The van der Waals surface area contributed by atoms with Crippen molar-refractivity contribution < 1.29 is 13.2 Å². The number of sulfone groups is 1. The van der Waals surface area contributed by atoms with Crippen LogP contribution in [0.2, 0.25) is 0 Å². The number of carbonyl (C=O) groups is 1. The van der Waals surface area contributed by atoms with Crippen molar-refractivity contribution in [2.45, 2.75) is 25.4 Å². The summed E-state index contributed by atoms with van der Waals surface area (Å²) >= 11 is 1.61. The molecular weight excluding hydrogens is 296 g/mol. The highest BCUT2D eigenvalue weighted by Gasteiger charge is 2.31. The van der Waals surface area contributed by atoms with Crippen molar-refractivity contribution in [3.63, 3.8) is 0 Å². The van der Waals surface area contributed by atoms with E-state index >= 15 is 0 Å². The summed E-state index contributed by atoms with van der Waals surface area (Å²) in [5.74, 6) is 0.324. The van der Waals surface area contributed by atoms with Gasteiger partial charge in [0.15, 0.2) is 9.84 Å². The topological polar surface area (TPSA) is 66.5 Å². The first kappa shape index (κ1) is 15.5. The summed E-state index contributed by atoms with van der Waals surface area (Å²) in [6.45, 7) is 2.18. The lowest BCUT2D eigenvalue weighted by Gasteiger charge is -2.23. The molecule has 0 saturated carbocycles. The highest BCUT2D eigenvalue weighted by Crippen LogP contribution is 2.19. The van der Waals surface area contributed by atoms with Gasteiger partial charge in [-0.15, -0.1) is 11.3 Å². The summed E-state index contributed by atoms with van der Waals surface area (Å²) < 4.78 is 22.9. The Labute approximate surface area is 123 Å². The molecule has 2 unspecified atom stereocenters.